The molecule has 0 bridgehead atoms. The van der Waals surface area contributed by atoms with Gasteiger partial charge in [0.1, 0.15) is 67.7 Å². The van der Waals surface area contributed by atoms with Gasteiger partial charge in [0.25, 0.3) is 0 Å². The highest BCUT2D eigenvalue weighted by Crippen LogP contribution is 2.47. The highest BCUT2D eigenvalue weighted by atomic mass is 19.1. The highest BCUT2D eigenvalue weighted by molar-refractivity contribution is 5.53. The van der Waals surface area contributed by atoms with Gasteiger partial charge in [0.05, 0.1) is 11.7 Å². The second-order valence-corrected chi connectivity index (χ2v) is 17.7. The van der Waals surface area contributed by atoms with Crippen LogP contribution in [0.2, 0.25) is 0 Å². The molecule has 0 aromatic heterocycles. The van der Waals surface area contributed by atoms with Gasteiger partial charge in [-0.15, -0.1) is 0 Å². The molecule has 8 aromatic rings. The van der Waals surface area contributed by atoms with Crippen LogP contribution in [-0.2, 0) is 32.8 Å². The maximum atomic E-state index is 14.9. The van der Waals surface area contributed by atoms with Crippen molar-refractivity contribution in [2.45, 2.75) is 77.2 Å². The zero-order valence-electron chi connectivity index (χ0n) is 39.3. The largest absolute Gasteiger partial charge is 0.488 e. The van der Waals surface area contributed by atoms with Gasteiger partial charge in [0.2, 0.25) is 0 Å². The Morgan fingerprint density at radius 3 is 1.31 bits per heavy atom. The van der Waals surface area contributed by atoms with Crippen molar-refractivity contribution >= 4 is 0 Å². The van der Waals surface area contributed by atoms with Gasteiger partial charge in [-0.05, 0) is 107 Å². The number of ether oxygens (including phenoxy) is 6. The van der Waals surface area contributed by atoms with Gasteiger partial charge in [-0.2, -0.15) is 0 Å². The first kappa shape index (κ1) is 48.3. The van der Waals surface area contributed by atoms with E-state index in [4.69, 9.17) is 28.4 Å². The summed E-state index contributed by atoms with van der Waals surface area (Å²) in [6.07, 6.45) is -4.76. The molecule has 0 amide bonds. The Bertz CT molecular complexity index is 3030. The summed E-state index contributed by atoms with van der Waals surface area (Å²) >= 11 is 0. The SMILES string of the molecule is Cc1cc(OCc2ccccc2)c2c(c1)OC(c1ccc(OCc3ccccc3)c(F)c1)[C@@H](O)C2.Cc1cc(OCc2ccccc2)c2c(c1)OC(c1ccc(OCc3ccccc3)c(F)c1)[C@@H](O)[C@H]2O. The molecule has 71 heavy (non-hydrogen) atoms. The minimum absolute atomic E-state index is 0.0984. The van der Waals surface area contributed by atoms with E-state index >= 15 is 0 Å². The molecule has 9 nitrogen and oxygen atoms in total. The third-order valence-corrected chi connectivity index (χ3v) is 12.3. The lowest BCUT2D eigenvalue weighted by Gasteiger charge is -2.35. The fraction of sp³-hybridized carbons (Fsp3) is 0.200. The van der Waals surface area contributed by atoms with Gasteiger partial charge in [0, 0.05) is 12.0 Å². The second kappa shape index (κ2) is 22.4. The average Bonchev–Trinajstić information content (AvgIpc) is 3.39. The maximum Gasteiger partial charge on any atom is 0.165 e. The smallest absolute Gasteiger partial charge is 0.165 e. The van der Waals surface area contributed by atoms with Crippen molar-refractivity contribution in [2.24, 2.45) is 0 Å². The van der Waals surface area contributed by atoms with Crippen molar-refractivity contribution in [3.63, 3.8) is 0 Å². The monoisotopic (exact) mass is 956 g/mol. The molecule has 0 radical (unpaired) electrons. The molecule has 8 aromatic carbocycles. The summed E-state index contributed by atoms with van der Waals surface area (Å²) in [5, 5.41) is 32.9. The molecule has 2 aliphatic rings. The number of halogens is 2. The Hall–Kier alpha value is -7.70. The van der Waals surface area contributed by atoms with E-state index in [9.17, 15) is 24.1 Å². The third-order valence-electron chi connectivity index (χ3n) is 12.3. The number of fused-ring (bicyclic) bond motifs is 2. The van der Waals surface area contributed by atoms with E-state index < -0.39 is 42.2 Å². The first-order chi connectivity index (χ1) is 34.6. The van der Waals surface area contributed by atoms with Crippen LogP contribution in [0.5, 0.6) is 34.5 Å². The van der Waals surface area contributed by atoms with Crippen molar-refractivity contribution in [1.82, 2.24) is 0 Å². The number of aliphatic hydroxyl groups excluding tert-OH is 3. The molecule has 11 heteroatoms. The number of hydrogen-bond donors (Lipinski definition) is 3. The summed E-state index contributed by atoms with van der Waals surface area (Å²) in [6.45, 7) is 5.10. The number of aryl methyl sites for hydroxylation is 2. The minimum Gasteiger partial charge on any atom is -0.488 e. The van der Waals surface area contributed by atoms with Crippen LogP contribution < -0.4 is 28.4 Å². The van der Waals surface area contributed by atoms with Crippen LogP contribution in [0.15, 0.2) is 182 Å². The van der Waals surface area contributed by atoms with Gasteiger partial charge in [-0.25, -0.2) is 8.78 Å². The van der Waals surface area contributed by atoms with E-state index in [1.807, 2.05) is 147 Å². The predicted octanol–water partition coefficient (Wildman–Crippen LogP) is 12.1. The molecule has 362 valence electrons. The standard InChI is InChI=1S/C30H27FO5.C30H27FO4/c1-19-14-25(35-18-21-10-6-3-7-11-21)27-26(15-19)36-30(29(33)28(27)32)22-12-13-24(23(31)16-22)34-17-20-8-4-2-5-9-20;1-20-14-28(34-19-22-10-6-3-7-11-22)24-17-26(32)30(35-29(24)15-20)23-12-13-27(25(31)16-23)33-18-21-8-4-2-5-9-21/h2-16,28-30,32-33H,17-18H2,1H3;2-16,26,30,32H,17-19H2,1H3/t28-,29-,30?;26-,30?/m00/s1. The number of hydrogen-bond acceptors (Lipinski definition) is 9. The second-order valence-electron chi connectivity index (χ2n) is 17.7. The van der Waals surface area contributed by atoms with Crippen molar-refractivity contribution in [3.05, 3.63) is 249 Å². The van der Waals surface area contributed by atoms with Gasteiger partial charge in [-0.1, -0.05) is 133 Å². The normalized spacial score (nSPS) is 17.8. The number of benzene rings is 8. The topological polar surface area (TPSA) is 116 Å². The van der Waals surface area contributed by atoms with Crippen molar-refractivity contribution < 1.29 is 52.5 Å². The minimum atomic E-state index is -1.32. The molecule has 10 rings (SSSR count). The lowest BCUT2D eigenvalue weighted by Crippen LogP contribution is -2.34. The lowest BCUT2D eigenvalue weighted by atomic mass is 9.91. The molecule has 2 unspecified atom stereocenters. The Morgan fingerprint density at radius 1 is 0.451 bits per heavy atom. The summed E-state index contributed by atoms with van der Waals surface area (Å²) in [5.74, 6) is 1.37. The van der Waals surface area contributed by atoms with Gasteiger partial charge in [0.15, 0.2) is 29.2 Å². The van der Waals surface area contributed by atoms with E-state index in [0.717, 1.165) is 38.9 Å². The van der Waals surface area contributed by atoms with Crippen molar-refractivity contribution in [2.75, 3.05) is 0 Å². The zero-order chi connectivity index (χ0) is 49.3. The predicted molar refractivity (Wildman–Crippen MR) is 266 cm³/mol. The molecule has 0 saturated carbocycles. The molecule has 0 fully saturated rings. The lowest BCUT2D eigenvalue weighted by molar-refractivity contribution is -0.0713. The average molecular weight is 957 g/mol. The quantitative estimate of drug-likeness (QED) is 0.0980. The van der Waals surface area contributed by atoms with Gasteiger partial charge < -0.3 is 43.7 Å². The fourth-order valence-corrected chi connectivity index (χ4v) is 8.62. The van der Waals surface area contributed by atoms with E-state index in [2.05, 4.69) is 0 Å². The van der Waals surface area contributed by atoms with E-state index in [-0.39, 0.29) is 24.7 Å². The number of rotatable bonds is 14. The molecule has 2 aliphatic heterocycles. The first-order valence-corrected chi connectivity index (χ1v) is 23.5. The highest BCUT2D eigenvalue weighted by Gasteiger charge is 2.40. The van der Waals surface area contributed by atoms with Crippen molar-refractivity contribution in [1.29, 1.82) is 0 Å². The fourth-order valence-electron chi connectivity index (χ4n) is 8.62. The van der Waals surface area contributed by atoms with Crippen LogP contribution in [0, 0.1) is 25.5 Å². The number of aliphatic hydroxyl groups is 3. The van der Waals surface area contributed by atoms with Gasteiger partial charge in [-0.3, -0.25) is 0 Å². The van der Waals surface area contributed by atoms with E-state index in [1.54, 1.807) is 30.3 Å². The van der Waals surface area contributed by atoms with Crippen LogP contribution in [0.4, 0.5) is 8.78 Å². The van der Waals surface area contributed by atoms with Crippen molar-refractivity contribution in [3.8, 4) is 34.5 Å². The molecule has 0 aliphatic carbocycles. The summed E-state index contributed by atoms with van der Waals surface area (Å²) in [4.78, 5) is 0. The molecule has 3 N–H and O–H groups in total. The summed E-state index contributed by atoms with van der Waals surface area (Å²) < 4.78 is 65.4. The Kier molecular flexibility index (Phi) is 15.2. The Morgan fingerprint density at radius 2 is 0.845 bits per heavy atom. The molecule has 0 spiro atoms. The molecule has 0 saturated heterocycles. The maximum absolute atomic E-state index is 14.9. The first-order valence-electron chi connectivity index (χ1n) is 23.5. The molecule has 5 atom stereocenters. The van der Waals surface area contributed by atoms with E-state index in [1.165, 1.54) is 18.2 Å². The zero-order valence-corrected chi connectivity index (χ0v) is 39.3. The van der Waals surface area contributed by atoms with Gasteiger partial charge >= 0.3 is 0 Å². The van der Waals surface area contributed by atoms with Crippen LogP contribution in [0.3, 0.4) is 0 Å². The van der Waals surface area contributed by atoms with Crippen LogP contribution >= 0.6 is 0 Å². The van der Waals surface area contributed by atoms with E-state index in [0.29, 0.717) is 59.3 Å². The molecular formula is C60H54F2O9. The Labute approximate surface area is 412 Å². The third kappa shape index (κ3) is 11.8. The van der Waals surface area contributed by atoms with Crippen LogP contribution in [0.1, 0.15) is 73.9 Å². The summed E-state index contributed by atoms with van der Waals surface area (Å²) in [7, 11) is 0. The van der Waals surface area contributed by atoms with Crippen LogP contribution in [0.25, 0.3) is 0 Å². The Balaban J connectivity index is 0.000000176. The summed E-state index contributed by atoms with van der Waals surface area (Å²) in [6, 6.07) is 55.3. The molecular weight excluding hydrogens is 903 g/mol. The van der Waals surface area contributed by atoms with Crippen LogP contribution in [-0.4, -0.2) is 27.5 Å². The summed E-state index contributed by atoms with van der Waals surface area (Å²) in [5.41, 5.74) is 7.91. The molecule has 2 heterocycles.